The average molecular weight is 550 g/mol. The van der Waals surface area contributed by atoms with Crippen LogP contribution < -0.4 is 10.2 Å². The molecular weight excluding hydrogens is 522 g/mol. The number of methoxy groups -OCH3 is 1. The number of hydrogen-bond acceptors (Lipinski definition) is 9. The molecule has 1 unspecified atom stereocenters. The number of amidine groups is 1. The highest BCUT2D eigenvalue weighted by molar-refractivity contribution is 7.90. The summed E-state index contributed by atoms with van der Waals surface area (Å²) in [6.45, 7) is 8.55. The maximum Gasteiger partial charge on any atom is 0.313 e. The first-order valence-corrected chi connectivity index (χ1v) is 12.9. The SMILES string of the molecule is COc1cc(-c2c(Cl)ccn2S(=O)(=O)c2ccc(C)cc2)oc1/C(N=N)=N/NC(C)OC(=O)C(C)(C)C. The largest absolute Gasteiger partial charge is 0.493 e. The molecule has 1 atom stereocenters. The Morgan fingerprint density at radius 2 is 1.86 bits per heavy atom. The second-order valence-corrected chi connectivity index (χ2v) is 11.3. The summed E-state index contributed by atoms with van der Waals surface area (Å²) in [7, 11) is -2.65. The summed E-state index contributed by atoms with van der Waals surface area (Å²) in [5, 5.41) is 7.49. The number of nitrogens with zero attached hydrogens (tertiary/aromatic N) is 3. The van der Waals surface area contributed by atoms with Crippen molar-refractivity contribution in [3.8, 4) is 17.2 Å². The Hall–Kier alpha value is -3.64. The van der Waals surface area contributed by atoms with Crippen LogP contribution >= 0.6 is 11.6 Å². The maximum absolute atomic E-state index is 13.3. The minimum Gasteiger partial charge on any atom is -0.493 e. The second kappa shape index (κ2) is 10.8. The summed E-state index contributed by atoms with van der Waals surface area (Å²) in [4.78, 5) is 12.2. The maximum atomic E-state index is 13.3. The van der Waals surface area contributed by atoms with Crippen LogP contribution in [0.2, 0.25) is 5.02 Å². The first kappa shape index (κ1) is 27.9. The normalized spacial score (nSPS) is 13.2. The number of aryl methyl sites for hydroxylation is 1. The summed E-state index contributed by atoms with van der Waals surface area (Å²) in [5.41, 5.74) is 10.4. The van der Waals surface area contributed by atoms with Gasteiger partial charge in [-0.25, -0.2) is 17.9 Å². The van der Waals surface area contributed by atoms with E-state index in [2.05, 4.69) is 15.6 Å². The number of ether oxygens (including phenoxy) is 2. The van der Waals surface area contributed by atoms with Crippen LogP contribution in [0.4, 0.5) is 0 Å². The van der Waals surface area contributed by atoms with Crippen molar-refractivity contribution < 1.29 is 27.1 Å². The highest BCUT2D eigenvalue weighted by Gasteiger charge is 2.28. The van der Waals surface area contributed by atoms with Crippen LogP contribution in [0, 0.1) is 17.9 Å². The summed E-state index contributed by atoms with van der Waals surface area (Å²) in [6, 6.07) is 9.22. The van der Waals surface area contributed by atoms with Crippen molar-refractivity contribution in [1.29, 1.82) is 5.53 Å². The molecule has 0 fully saturated rings. The van der Waals surface area contributed by atoms with E-state index in [4.69, 9.17) is 31.0 Å². The van der Waals surface area contributed by atoms with E-state index in [-0.39, 0.29) is 38.7 Å². The molecule has 0 spiro atoms. The first-order chi connectivity index (χ1) is 17.3. The van der Waals surface area contributed by atoms with E-state index in [1.54, 1.807) is 39.8 Å². The van der Waals surface area contributed by atoms with Crippen molar-refractivity contribution in [3.63, 3.8) is 0 Å². The van der Waals surface area contributed by atoms with Gasteiger partial charge < -0.3 is 13.9 Å². The number of rotatable bonds is 8. The predicted octanol–water partition coefficient (Wildman–Crippen LogP) is 5.17. The van der Waals surface area contributed by atoms with Crippen LogP contribution in [-0.2, 0) is 19.6 Å². The molecule has 0 amide bonds. The monoisotopic (exact) mass is 549 g/mol. The van der Waals surface area contributed by atoms with Gasteiger partial charge in [0, 0.05) is 12.3 Å². The van der Waals surface area contributed by atoms with Crippen LogP contribution in [-0.4, -0.2) is 37.5 Å². The van der Waals surface area contributed by atoms with E-state index in [1.165, 1.54) is 37.6 Å². The lowest BCUT2D eigenvalue weighted by molar-refractivity contribution is -0.159. The number of carbonyl (C=O) groups excluding carboxylic acids is 1. The van der Waals surface area contributed by atoms with Gasteiger partial charge in [0.25, 0.3) is 10.0 Å². The molecule has 0 aliphatic heterocycles. The van der Waals surface area contributed by atoms with Gasteiger partial charge in [-0.05, 0) is 52.8 Å². The summed E-state index contributed by atoms with van der Waals surface area (Å²) in [5.74, 6) is -0.582. The lowest BCUT2D eigenvalue weighted by atomic mass is 9.97. The number of nitrogens with one attached hydrogen (secondary N) is 2. The van der Waals surface area contributed by atoms with E-state index in [0.717, 1.165) is 9.54 Å². The van der Waals surface area contributed by atoms with Crippen molar-refractivity contribution in [1.82, 2.24) is 9.40 Å². The van der Waals surface area contributed by atoms with Crippen molar-refractivity contribution in [2.45, 2.75) is 45.7 Å². The van der Waals surface area contributed by atoms with Crippen molar-refractivity contribution in [2.24, 2.45) is 15.6 Å². The molecule has 0 aliphatic carbocycles. The quantitative estimate of drug-likeness (QED) is 0.0982. The fourth-order valence-corrected chi connectivity index (χ4v) is 4.73. The van der Waals surface area contributed by atoms with E-state index in [1.807, 2.05) is 6.92 Å². The Morgan fingerprint density at radius 3 is 2.43 bits per heavy atom. The second-order valence-electron chi connectivity index (χ2n) is 9.11. The third-order valence-electron chi connectivity index (χ3n) is 5.09. The van der Waals surface area contributed by atoms with E-state index in [9.17, 15) is 13.2 Å². The van der Waals surface area contributed by atoms with Crippen LogP contribution in [0.25, 0.3) is 11.5 Å². The van der Waals surface area contributed by atoms with Crippen LogP contribution in [0.5, 0.6) is 5.75 Å². The average Bonchev–Trinajstić information content (AvgIpc) is 3.42. The molecule has 198 valence electrons. The lowest BCUT2D eigenvalue weighted by Gasteiger charge is -2.20. The fourth-order valence-electron chi connectivity index (χ4n) is 3.08. The Morgan fingerprint density at radius 1 is 1.22 bits per heavy atom. The number of benzene rings is 1. The summed E-state index contributed by atoms with van der Waals surface area (Å²) >= 11 is 6.37. The van der Waals surface area contributed by atoms with Gasteiger partial charge in [-0.1, -0.05) is 29.3 Å². The van der Waals surface area contributed by atoms with Crippen LogP contribution in [0.1, 0.15) is 39.0 Å². The van der Waals surface area contributed by atoms with Gasteiger partial charge in [-0.2, -0.15) is 5.10 Å². The number of esters is 1. The van der Waals surface area contributed by atoms with E-state index < -0.39 is 27.6 Å². The molecule has 11 nitrogen and oxygen atoms in total. The summed E-state index contributed by atoms with van der Waals surface area (Å²) in [6.07, 6.45) is 0.480. The number of halogens is 1. The Balaban J connectivity index is 1.99. The third kappa shape index (κ3) is 6.03. The van der Waals surface area contributed by atoms with Crippen LogP contribution in [0.3, 0.4) is 0 Å². The lowest BCUT2D eigenvalue weighted by Crippen LogP contribution is -2.33. The van der Waals surface area contributed by atoms with Gasteiger partial charge in [-0.15, -0.1) is 5.11 Å². The van der Waals surface area contributed by atoms with Gasteiger partial charge in [-0.3, -0.25) is 10.2 Å². The molecular formula is C24H28ClN5O6S. The van der Waals surface area contributed by atoms with Crippen molar-refractivity contribution in [2.75, 3.05) is 7.11 Å². The van der Waals surface area contributed by atoms with Gasteiger partial charge in [0.2, 0.25) is 11.6 Å². The Kier molecular flexibility index (Phi) is 8.13. The van der Waals surface area contributed by atoms with Crippen LogP contribution in [0.15, 0.2) is 62.1 Å². The number of carbonyl (C=O) groups is 1. The van der Waals surface area contributed by atoms with Crippen molar-refractivity contribution in [3.05, 3.63) is 58.9 Å². The molecule has 0 saturated heterocycles. The molecule has 0 aliphatic rings. The molecule has 1 aromatic carbocycles. The zero-order chi connectivity index (χ0) is 27.5. The standard InChI is InChI=1S/C24H28ClN5O6S/c1-14-7-9-16(10-8-14)37(32,33)30-12-11-17(25)20(30)18-13-19(34-6)21(36-18)22(27-26)29-28-15(2)35-23(31)24(3,4)5/h7-13,15,26,28H,1-6H3/b27-26?,29-22-. The zero-order valence-electron chi connectivity index (χ0n) is 21.2. The molecule has 13 heteroatoms. The molecule has 0 radical (unpaired) electrons. The minimum absolute atomic E-state index is 0.0427. The van der Waals surface area contributed by atoms with Crippen molar-refractivity contribution >= 4 is 33.4 Å². The highest BCUT2D eigenvalue weighted by atomic mass is 35.5. The fraction of sp³-hybridized carbons (Fsp3) is 0.333. The Labute approximate surface area is 220 Å². The first-order valence-electron chi connectivity index (χ1n) is 11.1. The highest BCUT2D eigenvalue weighted by Crippen LogP contribution is 2.37. The zero-order valence-corrected chi connectivity index (χ0v) is 22.8. The number of aromatic nitrogens is 1. The Bertz CT molecular complexity index is 1440. The van der Waals surface area contributed by atoms with Gasteiger partial charge in [0.05, 0.1) is 22.4 Å². The van der Waals surface area contributed by atoms with E-state index in [0.29, 0.717) is 0 Å². The molecule has 0 saturated carbocycles. The van der Waals surface area contributed by atoms with Gasteiger partial charge in [0.15, 0.2) is 17.7 Å². The van der Waals surface area contributed by atoms with Gasteiger partial charge >= 0.3 is 5.97 Å². The molecule has 2 aromatic heterocycles. The third-order valence-corrected chi connectivity index (χ3v) is 7.08. The number of furan rings is 1. The smallest absolute Gasteiger partial charge is 0.313 e. The van der Waals surface area contributed by atoms with Gasteiger partial charge in [0.1, 0.15) is 5.69 Å². The molecule has 0 bridgehead atoms. The topological polar surface area (TPSA) is 148 Å². The molecule has 3 aromatic rings. The number of hydrogen-bond donors (Lipinski definition) is 2. The molecule has 2 heterocycles. The number of hydrazone groups is 1. The predicted molar refractivity (Wildman–Crippen MR) is 137 cm³/mol. The summed E-state index contributed by atoms with van der Waals surface area (Å²) < 4.78 is 44.2. The molecule has 37 heavy (non-hydrogen) atoms. The van der Waals surface area contributed by atoms with E-state index >= 15 is 0 Å². The minimum atomic E-state index is -4.02. The molecule has 2 N–H and O–H groups in total. The molecule has 3 rings (SSSR count).